The van der Waals surface area contributed by atoms with E-state index >= 15 is 0 Å². The van der Waals surface area contributed by atoms with Crippen molar-refractivity contribution >= 4 is 11.6 Å². The predicted octanol–water partition coefficient (Wildman–Crippen LogP) is 2.34. The van der Waals surface area contributed by atoms with E-state index in [0.717, 1.165) is 11.1 Å². The summed E-state index contributed by atoms with van der Waals surface area (Å²) in [4.78, 5) is 0. The molecule has 1 rings (SSSR count). The fraction of sp³-hybridized carbons (Fsp3) is 0.200. The molecule has 0 aromatic heterocycles. The Balaban J connectivity index is 3.10. The second-order valence-corrected chi connectivity index (χ2v) is 3.32. The van der Waals surface area contributed by atoms with E-state index in [2.05, 4.69) is 12.0 Å². The van der Waals surface area contributed by atoms with Crippen molar-refractivity contribution < 1.29 is 0 Å². The van der Waals surface area contributed by atoms with Gasteiger partial charge in [0.1, 0.15) is 0 Å². The number of rotatable bonds is 3. The molecular formula is C10H13ClN2. The molecule has 0 bridgehead atoms. The van der Waals surface area contributed by atoms with Crippen molar-refractivity contribution in [1.82, 2.24) is 5.43 Å². The van der Waals surface area contributed by atoms with Gasteiger partial charge in [-0.05, 0) is 30.2 Å². The van der Waals surface area contributed by atoms with Crippen LogP contribution in [-0.2, 0) is 0 Å². The Bertz CT molecular complexity index is 310. The molecule has 1 aromatic rings. The molecule has 3 N–H and O–H groups in total. The summed E-state index contributed by atoms with van der Waals surface area (Å²) in [5, 5.41) is 0.711. The van der Waals surface area contributed by atoms with Gasteiger partial charge in [0.2, 0.25) is 0 Å². The molecule has 0 radical (unpaired) electrons. The third kappa shape index (κ3) is 2.31. The monoisotopic (exact) mass is 196 g/mol. The highest BCUT2D eigenvalue weighted by atomic mass is 35.5. The molecule has 0 saturated heterocycles. The summed E-state index contributed by atoms with van der Waals surface area (Å²) < 4.78 is 0. The number of nitrogens with one attached hydrogen (secondary N) is 1. The van der Waals surface area contributed by atoms with Crippen molar-refractivity contribution in [2.75, 3.05) is 0 Å². The molecule has 1 unspecified atom stereocenters. The summed E-state index contributed by atoms with van der Waals surface area (Å²) in [6.45, 7) is 5.71. The molecular weight excluding hydrogens is 184 g/mol. The average Bonchev–Trinajstić information content (AvgIpc) is 2.13. The van der Waals surface area contributed by atoms with Crippen molar-refractivity contribution in [3.05, 3.63) is 47.0 Å². The van der Waals surface area contributed by atoms with E-state index in [1.54, 1.807) is 6.08 Å². The molecule has 0 aliphatic carbocycles. The fourth-order valence-corrected chi connectivity index (χ4v) is 1.41. The molecule has 0 saturated carbocycles. The van der Waals surface area contributed by atoms with Crippen LogP contribution < -0.4 is 11.3 Å². The minimum Gasteiger partial charge on any atom is -0.271 e. The molecule has 1 aromatic carbocycles. The number of hydrogen-bond donors (Lipinski definition) is 2. The van der Waals surface area contributed by atoms with E-state index in [0.29, 0.717) is 5.02 Å². The maximum Gasteiger partial charge on any atom is 0.0641 e. The molecule has 0 heterocycles. The number of halogens is 1. The molecule has 1 atom stereocenters. The first-order chi connectivity index (χ1) is 6.19. The standard InChI is InChI=1S/C10H13ClN2/c1-3-10(13-12)9-6-8(11)5-4-7(9)2/h3-6,10,13H,1,12H2,2H3. The second kappa shape index (κ2) is 4.42. The topological polar surface area (TPSA) is 38.0 Å². The Morgan fingerprint density at radius 2 is 2.31 bits per heavy atom. The largest absolute Gasteiger partial charge is 0.271 e. The molecule has 0 aliphatic heterocycles. The number of nitrogens with two attached hydrogens (primary N) is 1. The van der Waals surface area contributed by atoms with E-state index in [-0.39, 0.29) is 6.04 Å². The Labute approximate surface area is 83.4 Å². The minimum absolute atomic E-state index is 0.0429. The summed E-state index contributed by atoms with van der Waals surface area (Å²) in [6.07, 6.45) is 1.75. The van der Waals surface area contributed by atoms with Gasteiger partial charge >= 0.3 is 0 Å². The first-order valence-electron chi connectivity index (χ1n) is 4.03. The van der Waals surface area contributed by atoms with Gasteiger partial charge in [0.15, 0.2) is 0 Å². The van der Waals surface area contributed by atoms with Crippen molar-refractivity contribution in [2.24, 2.45) is 5.84 Å². The smallest absolute Gasteiger partial charge is 0.0641 e. The van der Waals surface area contributed by atoms with Gasteiger partial charge in [0.25, 0.3) is 0 Å². The summed E-state index contributed by atoms with van der Waals surface area (Å²) in [6, 6.07) is 5.67. The van der Waals surface area contributed by atoms with Gasteiger partial charge in [-0.15, -0.1) is 6.58 Å². The van der Waals surface area contributed by atoms with Crippen LogP contribution >= 0.6 is 11.6 Å². The van der Waals surface area contributed by atoms with Gasteiger partial charge in [-0.1, -0.05) is 23.7 Å². The summed E-state index contributed by atoms with van der Waals surface area (Å²) in [7, 11) is 0. The summed E-state index contributed by atoms with van der Waals surface area (Å²) >= 11 is 5.87. The molecule has 0 amide bonds. The van der Waals surface area contributed by atoms with Crippen molar-refractivity contribution in [3.63, 3.8) is 0 Å². The van der Waals surface area contributed by atoms with Crippen molar-refractivity contribution in [1.29, 1.82) is 0 Å². The van der Waals surface area contributed by atoms with E-state index < -0.39 is 0 Å². The fourth-order valence-electron chi connectivity index (χ4n) is 1.23. The zero-order chi connectivity index (χ0) is 9.84. The molecule has 2 nitrogen and oxygen atoms in total. The van der Waals surface area contributed by atoms with E-state index in [1.165, 1.54) is 0 Å². The lowest BCUT2D eigenvalue weighted by Gasteiger charge is -2.14. The molecule has 13 heavy (non-hydrogen) atoms. The van der Waals surface area contributed by atoms with Crippen LogP contribution in [0.25, 0.3) is 0 Å². The molecule has 0 spiro atoms. The lowest BCUT2D eigenvalue weighted by atomic mass is 10.0. The van der Waals surface area contributed by atoms with Crippen molar-refractivity contribution in [2.45, 2.75) is 13.0 Å². The average molecular weight is 197 g/mol. The summed E-state index contributed by atoms with van der Waals surface area (Å²) in [5.41, 5.74) is 4.87. The lowest BCUT2D eigenvalue weighted by molar-refractivity contribution is 0.653. The van der Waals surface area contributed by atoms with Crippen LogP contribution in [0.4, 0.5) is 0 Å². The molecule has 3 heteroatoms. The van der Waals surface area contributed by atoms with E-state index in [4.69, 9.17) is 17.4 Å². The number of hydrogen-bond acceptors (Lipinski definition) is 2. The highest BCUT2D eigenvalue weighted by molar-refractivity contribution is 6.30. The predicted molar refractivity (Wildman–Crippen MR) is 56.5 cm³/mol. The van der Waals surface area contributed by atoms with E-state index in [9.17, 15) is 0 Å². The Morgan fingerprint density at radius 1 is 1.62 bits per heavy atom. The molecule has 70 valence electrons. The van der Waals surface area contributed by atoms with Crippen LogP contribution in [0.5, 0.6) is 0 Å². The second-order valence-electron chi connectivity index (χ2n) is 2.88. The first-order valence-corrected chi connectivity index (χ1v) is 4.41. The first kappa shape index (κ1) is 10.3. The van der Waals surface area contributed by atoms with Crippen LogP contribution in [0.2, 0.25) is 5.02 Å². The number of hydrazine groups is 1. The Hall–Kier alpha value is -0.830. The Morgan fingerprint density at radius 3 is 2.85 bits per heavy atom. The third-order valence-electron chi connectivity index (χ3n) is 1.99. The van der Waals surface area contributed by atoms with Crippen LogP contribution in [0.3, 0.4) is 0 Å². The molecule has 0 fully saturated rings. The number of benzene rings is 1. The maximum atomic E-state index is 5.87. The van der Waals surface area contributed by atoms with E-state index in [1.807, 2.05) is 25.1 Å². The molecule has 0 aliphatic rings. The van der Waals surface area contributed by atoms with Crippen LogP contribution in [0.1, 0.15) is 17.2 Å². The van der Waals surface area contributed by atoms with Gasteiger partial charge in [-0.3, -0.25) is 5.84 Å². The zero-order valence-electron chi connectivity index (χ0n) is 7.55. The van der Waals surface area contributed by atoms with Gasteiger partial charge in [0, 0.05) is 5.02 Å². The number of aryl methyl sites for hydroxylation is 1. The highest BCUT2D eigenvalue weighted by Gasteiger charge is 2.07. The van der Waals surface area contributed by atoms with Gasteiger partial charge in [0.05, 0.1) is 6.04 Å². The maximum absolute atomic E-state index is 5.87. The SMILES string of the molecule is C=CC(NN)c1cc(Cl)ccc1C. The van der Waals surface area contributed by atoms with Gasteiger partial charge < -0.3 is 0 Å². The minimum atomic E-state index is -0.0429. The lowest BCUT2D eigenvalue weighted by Crippen LogP contribution is -2.26. The Kier molecular flexibility index (Phi) is 3.48. The van der Waals surface area contributed by atoms with Crippen molar-refractivity contribution in [3.8, 4) is 0 Å². The van der Waals surface area contributed by atoms with Gasteiger partial charge in [-0.2, -0.15) is 0 Å². The van der Waals surface area contributed by atoms with Gasteiger partial charge in [-0.25, -0.2) is 5.43 Å². The summed E-state index contributed by atoms with van der Waals surface area (Å²) in [5.74, 6) is 5.37. The van der Waals surface area contributed by atoms with Crippen LogP contribution in [0.15, 0.2) is 30.9 Å². The quantitative estimate of drug-likeness (QED) is 0.443. The zero-order valence-corrected chi connectivity index (χ0v) is 8.31. The highest BCUT2D eigenvalue weighted by Crippen LogP contribution is 2.21. The van der Waals surface area contributed by atoms with Crippen LogP contribution in [0, 0.1) is 6.92 Å². The normalized spacial score (nSPS) is 12.5. The van der Waals surface area contributed by atoms with Crippen LogP contribution in [-0.4, -0.2) is 0 Å². The third-order valence-corrected chi connectivity index (χ3v) is 2.23.